The van der Waals surface area contributed by atoms with Crippen molar-refractivity contribution in [1.82, 2.24) is 0 Å². The number of ether oxygens (including phenoxy) is 1. The van der Waals surface area contributed by atoms with Crippen LogP contribution in [0.2, 0.25) is 0 Å². The number of aliphatic hydroxyl groups is 1. The lowest BCUT2D eigenvalue weighted by Crippen LogP contribution is -2.39. The first-order valence-corrected chi connectivity index (χ1v) is 6.49. The first-order chi connectivity index (χ1) is 8.69. The minimum Gasteiger partial charge on any atom is -0.469 e. The van der Waals surface area contributed by atoms with Gasteiger partial charge in [0, 0.05) is 0 Å². The molecule has 1 aliphatic carbocycles. The van der Waals surface area contributed by atoms with Gasteiger partial charge in [-0.3, -0.25) is 4.79 Å². The second-order valence-electron chi connectivity index (χ2n) is 5.04. The first-order valence-electron chi connectivity index (χ1n) is 6.49. The predicted molar refractivity (Wildman–Crippen MR) is 69.1 cm³/mol. The third-order valence-corrected chi connectivity index (χ3v) is 4.03. The summed E-state index contributed by atoms with van der Waals surface area (Å²) in [5.74, 6) is -0.261. The highest BCUT2D eigenvalue weighted by Gasteiger charge is 2.48. The molecule has 3 heteroatoms. The van der Waals surface area contributed by atoms with Gasteiger partial charge in [-0.2, -0.15) is 0 Å². The van der Waals surface area contributed by atoms with Gasteiger partial charge in [0.05, 0.1) is 18.6 Å². The van der Waals surface area contributed by atoms with Crippen molar-refractivity contribution in [3.63, 3.8) is 0 Å². The molecular formula is C15H20O3. The van der Waals surface area contributed by atoms with E-state index in [1.807, 2.05) is 30.3 Å². The van der Waals surface area contributed by atoms with Gasteiger partial charge in [-0.05, 0) is 37.7 Å². The van der Waals surface area contributed by atoms with Gasteiger partial charge >= 0.3 is 5.97 Å². The van der Waals surface area contributed by atoms with Crippen molar-refractivity contribution in [1.29, 1.82) is 0 Å². The average Bonchev–Trinajstić information content (AvgIpc) is 2.79. The molecule has 0 saturated heterocycles. The Balaban J connectivity index is 2.09. The van der Waals surface area contributed by atoms with E-state index in [0.29, 0.717) is 12.8 Å². The van der Waals surface area contributed by atoms with Gasteiger partial charge in [0.15, 0.2) is 0 Å². The number of hydrogen-bond donors (Lipinski definition) is 1. The van der Waals surface area contributed by atoms with Gasteiger partial charge in [0.1, 0.15) is 0 Å². The zero-order valence-electron chi connectivity index (χ0n) is 10.8. The number of methoxy groups -OCH3 is 1. The Hall–Kier alpha value is -1.35. The number of hydrogen-bond acceptors (Lipinski definition) is 3. The fourth-order valence-corrected chi connectivity index (χ4v) is 2.90. The molecule has 0 amide bonds. The molecule has 3 nitrogen and oxygen atoms in total. The molecule has 0 aromatic heterocycles. The van der Waals surface area contributed by atoms with Gasteiger partial charge in [-0.25, -0.2) is 0 Å². The van der Waals surface area contributed by atoms with Crippen LogP contribution in [0, 0.1) is 5.41 Å². The number of aryl methyl sites for hydroxylation is 1. The minimum absolute atomic E-state index is 0.261. The normalized spacial score (nSPS) is 27.1. The molecule has 1 N–H and O–H groups in total. The van der Waals surface area contributed by atoms with Crippen LogP contribution in [0.4, 0.5) is 0 Å². The third-order valence-electron chi connectivity index (χ3n) is 4.03. The second-order valence-corrected chi connectivity index (χ2v) is 5.04. The Morgan fingerprint density at radius 3 is 2.72 bits per heavy atom. The standard InChI is InChI=1S/C15H20O3/c1-18-14(17)15(10-5-8-13(15)16)11-9-12-6-3-2-4-7-12/h2-4,6-7,13,16H,5,8-11H2,1H3. The van der Waals surface area contributed by atoms with Crippen molar-refractivity contribution in [2.24, 2.45) is 5.41 Å². The summed E-state index contributed by atoms with van der Waals surface area (Å²) in [5, 5.41) is 10.1. The summed E-state index contributed by atoms with van der Waals surface area (Å²) < 4.78 is 4.90. The summed E-state index contributed by atoms with van der Waals surface area (Å²) in [4.78, 5) is 12.0. The molecule has 0 spiro atoms. The van der Waals surface area contributed by atoms with Gasteiger partial charge in [0.2, 0.25) is 0 Å². The van der Waals surface area contributed by atoms with E-state index in [2.05, 4.69) is 0 Å². The van der Waals surface area contributed by atoms with Crippen molar-refractivity contribution < 1.29 is 14.6 Å². The molecule has 1 saturated carbocycles. The predicted octanol–water partition coefficient (Wildman–Crippen LogP) is 2.32. The van der Waals surface area contributed by atoms with Crippen LogP contribution < -0.4 is 0 Å². The Bertz CT molecular complexity index is 401. The maximum absolute atomic E-state index is 12.0. The van der Waals surface area contributed by atoms with Gasteiger partial charge in [-0.1, -0.05) is 30.3 Å². The minimum atomic E-state index is -0.690. The lowest BCUT2D eigenvalue weighted by atomic mass is 9.78. The first kappa shape index (κ1) is 13.1. The Labute approximate surface area is 108 Å². The number of esters is 1. The summed E-state index contributed by atoms with van der Waals surface area (Å²) in [5.41, 5.74) is 0.504. The molecule has 1 aromatic rings. The Morgan fingerprint density at radius 2 is 2.17 bits per heavy atom. The van der Waals surface area contributed by atoms with Crippen molar-refractivity contribution in [3.8, 4) is 0 Å². The summed E-state index contributed by atoms with van der Waals surface area (Å²) in [7, 11) is 1.40. The fourth-order valence-electron chi connectivity index (χ4n) is 2.90. The molecule has 2 rings (SSSR count). The maximum atomic E-state index is 12.0. The highest BCUT2D eigenvalue weighted by molar-refractivity contribution is 5.78. The number of carbonyl (C=O) groups is 1. The third kappa shape index (κ3) is 2.41. The van der Waals surface area contributed by atoms with Crippen LogP contribution in [-0.2, 0) is 16.0 Å². The molecule has 1 aliphatic rings. The topological polar surface area (TPSA) is 46.5 Å². The van der Waals surface area contributed by atoms with Crippen LogP contribution in [0.25, 0.3) is 0 Å². The summed E-state index contributed by atoms with van der Waals surface area (Å²) in [6.07, 6.45) is 3.22. The molecule has 0 heterocycles. The summed E-state index contributed by atoms with van der Waals surface area (Å²) >= 11 is 0. The molecule has 18 heavy (non-hydrogen) atoms. The van der Waals surface area contributed by atoms with Crippen LogP contribution in [0.15, 0.2) is 30.3 Å². The molecule has 98 valence electrons. The Kier molecular flexibility index (Phi) is 4.02. The second kappa shape index (κ2) is 5.53. The van der Waals surface area contributed by atoms with E-state index in [-0.39, 0.29) is 5.97 Å². The summed E-state index contributed by atoms with van der Waals surface area (Å²) in [6.45, 7) is 0. The van der Waals surface area contributed by atoms with Gasteiger partial charge < -0.3 is 9.84 Å². The van der Waals surface area contributed by atoms with Gasteiger partial charge in [-0.15, -0.1) is 0 Å². The smallest absolute Gasteiger partial charge is 0.314 e. The van der Waals surface area contributed by atoms with E-state index in [1.54, 1.807) is 0 Å². The monoisotopic (exact) mass is 248 g/mol. The lowest BCUT2D eigenvalue weighted by molar-refractivity contribution is -0.159. The number of rotatable bonds is 4. The molecule has 0 bridgehead atoms. The van der Waals surface area contributed by atoms with E-state index < -0.39 is 11.5 Å². The zero-order valence-corrected chi connectivity index (χ0v) is 10.8. The van der Waals surface area contributed by atoms with E-state index in [0.717, 1.165) is 19.3 Å². The average molecular weight is 248 g/mol. The molecule has 2 unspecified atom stereocenters. The lowest BCUT2D eigenvalue weighted by Gasteiger charge is -2.29. The van der Waals surface area contributed by atoms with Gasteiger partial charge in [0.25, 0.3) is 0 Å². The number of carbonyl (C=O) groups excluding carboxylic acids is 1. The highest BCUT2D eigenvalue weighted by Crippen LogP contribution is 2.43. The molecule has 1 aromatic carbocycles. The number of aliphatic hydroxyl groups excluding tert-OH is 1. The Morgan fingerprint density at radius 1 is 1.44 bits per heavy atom. The quantitative estimate of drug-likeness (QED) is 0.832. The molecule has 0 radical (unpaired) electrons. The molecule has 1 fully saturated rings. The SMILES string of the molecule is COC(=O)C1(CCc2ccccc2)CCCC1O. The van der Waals surface area contributed by atoms with E-state index >= 15 is 0 Å². The maximum Gasteiger partial charge on any atom is 0.314 e. The van der Waals surface area contributed by atoms with E-state index in [4.69, 9.17) is 4.74 Å². The van der Waals surface area contributed by atoms with Crippen LogP contribution >= 0.6 is 0 Å². The highest BCUT2D eigenvalue weighted by atomic mass is 16.5. The van der Waals surface area contributed by atoms with Crippen LogP contribution in [-0.4, -0.2) is 24.3 Å². The van der Waals surface area contributed by atoms with Crippen LogP contribution in [0.1, 0.15) is 31.2 Å². The molecular weight excluding hydrogens is 228 g/mol. The largest absolute Gasteiger partial charge is 0.469 e. The zero-order chi connectivity index (χ0) is 13.0. The van der Waals surface area contributed by atoms with E-state index in [9.17, 15) is 9.90 Å². The van der Waals surface area contributed by atoms with Crippen molar-refractivity contribution in [2.45, 2.75) is 38.2 Å². The summed E-state index contributed by atoms with van der Waals surface area (Å²) in [6, 6.07) is 10.1. The van der Waals surface area contributed by atoms with Crippen molar-refractivity contribution in [2.75, 3.05) is 7.11 Å². The number of benzene rings is 1. The van der Waals surface area contributed by atoms with Crippen molar-refractivity contribution in [3.05, 3.63) is 35.9 Å². The molecule has 2 atom stereocenters. The van der Waals surface area contributed by atoms with Crippen molar-refractivity contribution >= 4 is 5.97 Å². The van der Waals surface area contributed by atoms with Crippen LogP contribution in [0.3, 0.4) is 0 Å². The van der Waals surface area contributed by atoms with E-state index in [1.165, 1.54) is 12.7 Å². The fraction of sp³-hybridized carbons (Fsp3) is 0.533. The van der Waals surface area contributed by atoms with Crippen LogP contribution in [0.5, 0.6) is 0 Å². The molecule has 0 aliphatic heterocycles.